The van der Waals surface area contributed by atoms with Gasteiger partial charge in [0.05, 0.1) is 5.02 Å². The second-order valence-corrected chi connectivity index (χ2v) is 6.25. The number of benzene rings is 2. The molecule has 3 rings (SSSR count). The molecule has 0 saturated carbocycles. The molecule has 0 saturated heterocycles. The molecule has 0 atom stereocenters. The summed E-state index contributed by atoms with van der Waals surface area (Å²) in [5.74, 6) is 0.372. The van der Waals surface area contributed by atoms with Crippen LogP contribution in [0.4, 0.5) is 13.9 Å². The summed E-state index contributed by atoms with van der Waals surface area (Å²) in [4.78, 5) is 16.2. The third-order valence-corrected chi connectivity index (χ3v) is 4.15. The van der Waals surface area contributed by atoms with Crippen LogP contribution in [0.1, 0.15) is 0 Å². The zero-order chi connectivity index (χ0) is 19.2. The van der Waals surface area contributed by atoms with Crippen molar-refractivity contribution < 1.29 is 23.0 Å². The second kappa shape index (κ2) is 8.74. The number of nitrogens with zero attached hydrogens (tertiary/aromatic N) is 2. The summed E-state index contributed by atoms with van der Waals surface area (Å²) in [5.41, 5.74) is 0.598. The van der Waals surface area contributed by atoms with E-state index in [1.807, 2.05) is 0 Å². The van der Waals surface area contributed by atoms with E-state index >= 15 is 0 Å². The van der Waals surface area contributed by atoms with Gasteiger partial charge in [0.25, 0.3) is 5.91 Å². The number of hydrogen-bond acceptors (Lipinski definition) is 6. The van der Waals surface area contributed by atoms with Gasteiger partial charge in [-0.15, -0.1) is 0 Å². The number of anilines is 1. The molecule has 1 amide bonds. The van der Waals surface area contributed by atoms with Crippen LogP contribution in [0.2, 0.25) is 5.02 Å². The maximum atomic E-state index is 12.2. The lowest BCUT2D eigenvalue weighted by Gasteiger charge is -2.06. The van der Waals surface area contributed by atoms with E-state index < -0.39 is 12.5 Å². The van der Waals surface area contributed by atoms with Gasteiger partial charge in [0.15, 0.2) is 12.4 Å². The van der Waals surface area contributed by atoms with Crippen molar-refractivity contribution in [3.05, 3.63) is 53.6 Å². The summed E-state index contributed by atoms with van der Waals surface area (Å²) in [5, 5.41) is 3.26. The minimum Gasteiger partial charge on any atom is -0.482 e. The van der Waals surface area contributed by atoms with E-state index in [0.717, 1.165) is 11.5 Å². The van der Waals surface area contributed by atoms with Gasteiger partial charge in [-0.25, -0.2) is 0 Å². The van der Waals surface area contributed by atoms with Crippen molar-refractivity contribution >= 4 is 34.2 Å². The Bertz CT molecular complexity index is 922. The highest BCUT2D eigenvalue weighted by Gasteiger charge is 2.12. The first kappa shape index (κ1) is 19.0. The van der Waals surface area contributed by atoms with Crippen LogP contribution >= 0.6 is 23.1 Å². The fraction of sp³-hybridized carbons (Fsp3) is 0.118. The van der Waals surface area contributed by atoms with Crippen LogP contribution in [0, 0.1) is 0 Å². The maximum Gasteiger partial charge on any atom is 0.387 e. The highest BCUT2D eigenvalue weighted by Crippen LogP contribution is 2.25. The number of halogens is 3. The highest BCUT2D eigenvalue weighted by molar-refractivity contribution is 7.10. The molecule has 0 aliphatic heterocycles. The number of carbonyl (C=O) groups excluding carboxylic acids is 1. The monoisotopic (exact) mass is 411 g/mol. The average Bonchev–Trinajstić information content (AvgIpc) is 3.09. The van der Waals surface area contributed by atoms with E-state index in [4.69, 9.17) is 16.3 Å². The Morgan fingerprint density at radius 2 is 1.93 bits per heavy atom. The lowest BCUT2D eigenvalue weighted by Crippen LogP contribution is -2.20. The van der Waals surface area contributed by atoms with Crippen LogP contribution < -0.4 is 14.8 Å². The SMILES string of the molecule is O=C(COc1ccccc1Cl)Nc1nc(-c2ccc(OC(F)F)cc2)ns1. The van der Waals surface area contributed by atoms with Gasteiger partial charge >= 0.3 is 6.61 Å². The molecule has 0 fully saturated rings. The van der Waals surface area contributed by atoms with Crippen molar-refractivity contribution in [2.45, 2.75) is 6.61 Å². The number of amides is 1. The fourth-order valence-corrected chi connectivity index (χ4v) is 2.83. The molecule has 3 aromatic rings. The molecule has 0 aliphatic carbocycles. The van der Waals surface area contributed by atoms with Gasteiger partial charge in [-0.05, 0) is 36.4 Å². The number of nitrogens with one attached hydrogen (secondary N) is 1. The van der Waals surface area contributed by atoms with Crippen molar-refractivity contribution in [1.29, 1.82) is 0 Å². The zero-order valence-corrected chi connectivity index (χ0v) is 15.1. The Kier molecular flexibility index (Phi) is 6.15. The van der Waals surface area contributed by atoms with Crippen molar-refractivity contribution in [3.8, 4) is 22.9 Å². The zero-order valence-electron chi connectivity index (χ0n) is 13.6. The summed E-state index contributed by atoms with van der Waals surface area (Å²) in [6.07, 6.45) is 0. The molecule has 1 N–H and O–H groups in total. The van der Waals surface area contributed by atoms with Gasteiger partial charge < -0.3 is 9.47 Å². The Balaban J connectivity index is 1.57. The molecular weight excluding hydrogens is 400 g/mol. The van der Waals surface area contributed by atoms with E-state index in [9.17, 15) is 13.6 Å². The van der Waals surface area contributed by atoms with Crippen LogP contribution in [0.5, 0.6) is 11.5 Å². The highest BCUT2D eigenvalue weighted by atomic mass is 35.5. The van der Waals surface area contributed by atoms with E-state index in [-0.39, 0.29) is 17.5 Å². The number of hydrogen-bond donors (Lipinski definition) is 1. The number of aromatic nitrogens is 2. The van der Waals surface area contributed by atoms with E-state index in [0.29, 0.717) is 22.2 Å². The largest absolute Gasteiger partial charge is 0.482 e. The quantitative estimate of drug-likeness (QED) is 0.620. The maximum absolute atomic E-state index is 12.2. The van der Waals surface area contributed by atoms with Gasteiger partial charge in [-0.2, -0.15) is 18.1 Å². The molecule has 27 heavy (non-hydrogen) atoms. The molecule has 0 aliphatic rings. The minimum atomic E-state index is -2.89. The lowest BCUT2D eigenvalue weighted by molar-refractivity contribution is -0.118. The molecule has 6 nitrogen and oxygen atoms in total. The third-order valence-electron chi connectivity index (χ3n) is 3.21. The van der Waals surface area contributed by atoms with Gasteiger partial charge in [0, 0.05) is 17.1 Å². The Morgan fingerprint density at radius 3 is 2.63 bits per heavy atom. The van der Waals surface area contributed by atoms with Gasteiger partial charge in [-0.3, -0.25) is 10.1 Å². The van der Waals surface area contributed by atoms with Crippen molar-refractivity contribution in [1.82, 2.24) is 9.36 Å². The van der Waals surface area contributed by atoms with Gasteiger partial charge in [0.2, 0.25) is 5.13 Å². The van der Waals surface area contributed by atoms with Crippen LogP contribution in [0.25, 0.3) is 11.4 Å². The van der Waals surface area contributed by atoms with Crippen LogP contribution in [-0.2, 0) is 4.79 Å². The smallest absolute Gasteiger partial charge is 0.387 e. The first-order chi connectivity index (χ1) is 13.0. The molecule has 1 heterocycles. The third kappa shape index (κ3) is 5.35. The Labute approximate surface area is 161 Å². The molecule has 1 aromatic heterocycles. The molecule has 10 heteroatoms. The fourth-order valence-electron chi connectivity index (χ4n) is 2.04. The first-order valence-electron chi connectivity index (χ1n) is 7.57. The molecule has 0 unspecified atom stereocenters. The summed E-state index contributed by atoms with van der Waals surface area (Å²) in [7, 11) is 0. The van der Waals surface area contributed by atoms with E-state index in [1.54, 1.807) is 36.4 Å². The topological polar surface area (TPSA) is 73.3 Å². The summed E-state index contributed by atoms with van der Waals surface area (Å²) < 4.78 is 38.1. The predicted molar refractivity (Wildman–Crippen MR) is 97.6 cm³/mol. The predicted octanol–water partition coefficient (Wildman–Crippen LogP) is 4.48. The Hall–Kier alpha value is -2.78. The van der Waals surface area contributed by atoms with E-state index in [2.05, 4.69) is 19.4 Å². The molecule has 0 radical (unpaired) electrons. The molecular formula is C17H12ClF2N3O3S. The van der Waals surface area contributed by atoms with Gasteiger partial charge in [0.1, 0.15) is 11.5 Å². The minimum absolute atomic E-state index is 0.0363. The molecule has 0 bridgehead atoms. The summed E-state index contributed by atoms with van der Waals surface area (Å²) in [6.45, 7) is -3.12. The molecule has 140 valence electrons. The standard InChI is InChI=1S/C17H12ClF2N3O3S/c18-12-3-1-2-4-13(12)25-9-14(24)21-17-22-15(23-27-17)10-5-7-11(8-6-10)26-16(19)20/h1-8,16H,9H2,(H,21,22,23,24). The van der Waals surface area contributed by atoms with Crippen molar-refractivity contribution in [2.24, 2.45) is 0 Å². The van der Waals surface area contributed by atoms with Crippen LogP contribution in [-0.4, -0.2) is 28.5 Å². The number of carbonyl (C=O) groups is 1. The molecule has 0 spiro atoms. The number of alkyl halides is 2. The normalized spacial score (nSPS) is 10.7. The van der Waals surface area contributed by atoms with Crippen molar-refractivity contribution in [2.75, 3.05) is 11.9 Å². The number of rotatable bonds is 7. The lowest BCUT2D eigenvalue weighted by atomic mass is 10.2. The first-order valence-corrected chi connectivity index (χ1v) is 8.72. The van der Waals surface area contributed by atoms with Crippen molar-refractivity contribution in [3.63, 3.8) is 0 Å². The Morgan fingerprint density at radius 1 is 1.19 bits per heavy atom. The van der Waals surface area contributed by atoms with E-state index in [1.165, 1.54) is 12.1 Å². The molecule has 2 aromatic carbocycles. The number of ether oxygens (including phenoxy) is 2. The summed E-state index contributed by atoms with van der Waals surface area (Å²) >= 11 is 6.94. The number of para-hydroxylation sites is 1. The van der Waals surface area contributed by atoms with Crippen LogP contribution in [0.3, 0.4) is 0 Å². The van der Waals surface area contributed by atoms with Gasteiger partial charge in [-0.1, -0.05) is 23.7 Å². The van der Waals surface area contributed by atoms with Crippen LogP contribution in [0.15, 0.2) is 48.5 Å². The average molecular weight is 412 g/mol. The summed E-state index contributed by atoms with van der Waals surface area (Å²) in [6, 6.07) is 12.7. The second-order valence-electron chi connectivity index (χ2n) is 5.09.